The van der Waals surface area contributed by atoms with Gasteiger partial charge in [0.05, 0.1) is 37.9 Å². The van der Waals surface area contributed by atoms with E-state index < -0.39 is 0 Å². The molecule has 1 saturated heterocycles. The van der Waals surface area contributed by atoms with Crippen molar-refractivity contribution < 1.29 is 9.69 Å². The average Bonchev–Trinajstić information content (AvgIpc) is 2.94. The van der Waals surface area contributed by atoms with Gasteiger partial charge in [0.15, 0.2) is 0 Å². The van der Waals surface area contributed by atoms with Crippen LogP contribution in [-0.4, -0.2) is 46.8 Å². The molecule has 1 aromatic heterocycles. The van der Waals surface area contributed by atoms with Crippen LogP contribution in [-0.2, 0) is 13.6 Å². The predicted molar refractivity (Wildman–Crippen MR) is 85.0 cm³/mol. The maximum absolute atomic E-state index is 12.4. The summed E-state index contributed by atoms with van der Waals surface area (Å²) in [5.74, 6) is 0.0786. The minimum absolute atomic E-state index is 0.0786. The van der Waals surface area contributed by atoms with Crippen LogP contribution in [0.3, 0.4) is 0 Å². The fourth-order valence-corrected chi connectivity index (χ4v) is 3.07. The minimum atomic E-state index is 0.0786. The van der Waals surface area contributed by atoms with Crippen molar-refractivity contribution in [2.75, 3.05) is 26.2 Å². The first-order valence-electron chi connectivity index (χ1n) is 7.48. The zero-order valence-corrected chi connectivity index (χ0v) is 13.4. The van der Waals surface area contributed by atoms with E-state index in [1.807, 2.05) is 30.1 Å². The summed E-state index contributed by atoms with van der Waals surface area (Å²) in [4.78, 5) is 15.8. The third-order valence-electron chi connectivity index (χ3n) is 4.05. The molecule has 5 nitrogen and oxygen atoms in total. The number of carbonyl (C=O) groups is 1. The van der Waals surface area contributed by atoms with Crippen LogP contribution in [0.4, 0.5) is 0 Å². The number of piperazine rings is 1. The number of aromatic nitrogens is 2. The van der Waals surface area contributed by atoms with Gasteiger partial charge in [0.2, 0.25) is 0 Å². The van der Waals surface area contributed by atoms with E-state index in [1.54, 1.807) is 17.1 Å². The van der Waals surface area contributed by atoms with Crippen molar-refractivity contribution in [2.45, 2.75) is 6.54 Å². The SMILES string of the molecule is Cn1cc(C(=O)N2CC[NH+](Cc3cccc(Cl)c3)CC2)cn1. The lowest BCUT2D eigenvalue weighted by molar-refractivity contribution is -0.917. The summed E-state index contributed by atoms with van der Waals surface area (Å²) in [5, 5.41) is 4.84. The van der Waals surface area contributed by atoms with E-state index in [4.69, 9.17) is 11.6 Å². The van der Waals surface area contributed by atoms with Gasteiger partial charge in [-0.3, -0.25) is 9.48 Å². The molecule has 0 atom stereocenters. The van der Waals surface area contributed by atoms with Crippen molar-refractivity contribution in [1.29, 1.82) is 0 Å². The highest BCUT2D eigenvalue weighted by atomic mass is 35.5. The highest BCUT2D eigenvalue weighted by Gasteiger charge is 2.25. The summed E-state index contributed by atoms with van der Waals surface area (Å²) in [6, 6.07) is 8.00. The maximum Gasteiger partial charge on any atom is 0.257 e. The molecular formula is C16H20ClN4O+. The summed E-state index contributed by atoms with van der Waals surface area (Å²) in [6.07, 6.45) is 3.40. The van der Waals surface area contributed by atoms with Crippen LogP contribution in [0.1, 0.15) is 15.9 Å². The number of hydrogen-bond acceptors (Lipinski definition) is 2. The molecule has 6 heteroatoms. The molecule has 0 aliphatic carbocycles. The molecule has 1 aliphatic rings. The molecule has 1 N–H and O–H groups in total. The Morgan fingerprint density at radius 2 is 2.14 bits per heavy atom. The number of nitrogens with zero attached hydrogens (tertiary/aromatic N) is 3. The van der Waals surface area contributed by atoms with Gasteiger partial charge in [-0.1, -0.05) is 23.7 Å². The van der Waals surface area contributed by atoms with E-state index in [1.165, 1.54) is 10.5 Å². The fourth-order valence-electron chi connectivity index (χ4n) is 2.85. The van der Waals surface area contributed by atoms with Gasteiger partial charge < -0.3 is 9.80 Å². The average molecular weight is 320 g/mol. The van der Waals surface area contributed by atoms with E-state index in [-0.39, 0.29) is 5.91 Å². The summed E-state index contributed by atoms with van der Waals surface area (Å²) >= 11 is 6.03. The molecule has 0 saturated carbocycles. The Morgan fingerprint density at radius 1 is 1.36 bits per heavy atom. The number of benzene rings is 1. The highest BCUT2D eigenvalue weighted by Crippen LogP contribution is 2.10. The molecule has 0 unspecified atom stereocenters. The quantitative estimate of drug-likeness (QED) is 0.901. The standard InChI is InChI=1S/C16H19ClN4O/c1-19-12-14(10-18-19)16(22)21-7-5-20(6-8-21)11-13-3-2-4-15(17)9-13/h2-4,9-10,12H,5-8,11H2,1H3/p+1. The lowest BCUT2D eigenvalue weighted by atomic mass is 10.2. The topological polar surface area (TPSA) is 42.6 Å². The van der Waals surface area contributed by atoms with E-state index in [9.17, 15) is 4.79 Å². The molecule has 3 rings (SSSR count). The fraction of sp³-hybridized carbons (Fsp3) is 0.375. The van der Waals surface area contributed by atoms with Crippen LogP contribution >= 0.6 is 11.6 Å². The van der Waals surface area contributed by atoms with Crippen molar-refractivity contribution in [1.82, 2.24) is 14.7 Å². The number of halogens is 1. The second kappa shape index (κ2) is 6.50. The zero-order valence-electron chi connectivity index (χ0n) is 12.6. The second-order valence-electron chi connectivity index (χ2n) is 5.75. The molecule has 1 amide bonds. The molecule has 0 spiro atoms. The van der Waals surface area contributed by atoms with Crippen molar-refractivity contribution in [2.24, 2.45) is 7.05 Å². The molecule has 1 aromatic carbocycles. The summed E-state index contributed by atoms with van der Waals surface area (Å²) in [6.45, 7) is 4.43. The zero-order chi connectivity index (χ0) is 15.5. The van der Waals surface area contributed by atoms with Gasteiger partial charge in [0.25, 0.3) is 5.91 Å². The number of hydrogen-bond donors (Lipinski definition) is 1. The van der Waals surface area contributed by atoms with E-state index in [0.29, 0.717) is 5.56 Å². The first-order chi connectivity index (χ1) is 10.6. The molecule has 1 aliphatic heterocycles. The maximum atomic E-state index is 12.4. The Balaban J connectivity index is 1.55. The molecule has 2 heterocycles. The van der Waals surface area contributed by atoms with Crippen molar-refractivity contribution in [3.05, 3.63) is 52.8 Å². The molecular weight excluding hydrogens is 300 g/mol. The van der Waals surface area contributed by atoms with Gasteiger partial charge in [-0.15, -0.1) is 0 Å². The van der Waals surface area contributed by atoms with Crippen LogP contribution in [0, 0.1) is 0 Å². The number of aryl methyl sites for hydroxylation is 1. The van der Waals surface area contributed by atoms with Gasteiger partial charge in [-0.2, -0.15) is 5.10 Å². The molecule has 0 bridgehead atoms. The van der Waals surface area contributed by atoms with Gasteiger partial charge >= 0.3 is 0 Å². The Labute approximate surface area is 135 Å². The predicted octanol–water partition coefficient (Wildman–Crippen LogP) is 0.614. The first-order valence-corrected chi connectivity index (χ1v) is 7.85. The Kier molecular flexibility index (Phi) is 4.45. The van der Waals surface area contributed by atoms with Gasteiger partial charge in [0, 0.05) is 23.8 Å². The van der Waals surface area contributed by atoms with Crippen molar-refractivity contribution in [3.63, 3.8) is 0 Å². The normalized spacial score (nSPS) is 16.0. The molecule has 0 radical (unpaired) electrons. The van der Waals surface area contributed by atoms with E-state index in [2.05, 4.69) is 11.2 Å². The molecule has 1 fully saturated rings. The van der Waals surface area contributed by atoms with Crippen molar-refractivity contribution in [3.8, 4) is 0 Å². The van der Waals surface area contributed by atoms with Crippen LogP contribution in [0.2, 0.25) is 5.02 Å². The van der Waals surface area contributed by atoms with Gasteiger partial charge in [0.1, 0.15) is 6.54 Å². The van der Waals surface area contributed by atoms with Crippen LogP contribution in [0.25, 0.3) is 0 Å². The van der Waals surface area contributed by atoms with Crippen LogP contribution in [0.15, 0.2) is 36.7 Å². The highest BCUT2D eigenvalue weighted by molar-refractivity contribution is 6.30. The molecule has 116 valence electrons. The number of quaternary nitrogens is 1. The second-order valence-corrected chi connectivity index (χ2v) is 6.19. The lowest BCUT2D eigenvalue weighted by Crippen LogP contribution is -3.13. The number of carbonyl (C=O) groups excluding carboxylic acids is 1. The smallest absolute Gasteiger partial charge is 0.257 e. The number of nitrogens with one attached hydrogen (secondary N) is 1. The summed E-state index contributed by atoms with van der Waals surface area (Å²) in [5.41, 5.74) is 1.91. The number of rotatable bonds is 3. The van der Waals surface area contributed by atoms with E-state index in [0.717, 1.165) is 37.7 Å². The Hall–Kier alpha value is -1.85. The van der Waals surface area contributed by atoms with Crippen LogP contribution in [0.5, 0.6) is 0 Å². The van der Waals surface area contributed by atoms with Gasteiger partial charge in [-0.25, -0.2) is 0 Å². The third-order valence-corrected chi connectivity index (χ3v) is 4.29. The largest absolute Gasteiger partial charge is 0.328 e. The lowest BCUT2D eigenvalue weighted by Gasteiger charge is -2.32. The summed E-state index contributed by atoms with van der Waals surface area (Å²) < 4.78 is 1.66. The molecule has 2 aromatic rings. The Morgan fingerprint density at radius 3 is 2.77 bits per heavy atom. The van der Waals surface area contributed by atoms with Crippen molar-refractivity contribution >= 4 is 17.5 Å². The Bertz CT molecular complexity index is 662. The van der Waals surface area contributed by atoms with Crippen LogP contribution < -0.4 is 4.90 Å². The third kappa shape index (κ3) is 3.48. The molecule has 22 heavy (non-hydrogen) atoms. The minimum Gasteiger partial charge on any atom is -0.328 e. The summed E-state index contributed by atoms with van der Waals surface area (Å²) in [7, 11) is 1.82. The van der Waals surface area contributed by atoms with Gasteiger partial charge in [-0.05, 0) is 12.1 Å². The monoisotopic (exact) mass is 319 g/mol. The number of amides is 1. The first kappa shape index (κ1) is 15.1. The van der Waals surface area contributed by atoms with E-state index >= 15 is 0 Å².